The summed E-state index contributed by atoms with van der Waals surface area (Å²) in [7, 11) is -3.71. The van der Waals surface area contributed by atoms with Crippen molar-refractivity contribution in [2.45, 2.75) is 56.9 Å². The van der Waals surface area contributed by atoms with E-state index in [4.69, 9.17) is 0 Å². The first-order chi connectivity index (χ1) is 15.6. The topological polar surface area (TPSA) is 86.4 Å². The van der Waals surface area contributed by atoms with E-state index in [0.717, 1.165) is 22.2 Å². The quantitative estimate of drug-likeness (QED) is 0.529. The predicted octanol–water partition coefficient (Wildman–Crippen LogP) is 4.18. The molecule has 1 aromatic heterocycles. The number of carbonyl (C=O) groups is 1. The summed E-state index contributed by atoms with van der Waals surface area (Å²) < 4.78 is 28.2. The van der Waals surface area contributed by atoms with Crippen molar-refractivity contribution < 1.29 is 13.2 Å². The van der Waals surface area contributed by atoms with Crippen LogP contribution in [-0.2, 0) is 14.8 Å². The highest BCUT2D eigenvalue weighted by Crippen LogP contribution is 2.32. The molecule has 0 aliphatic carbocycles. The van der Waals surface area contributed by atoms with Crippen molar-refractivity contribution >= 4 is 38.7 Å². The molecule has 1 aliphatic heterocycles. The monoisotopic (exact) mass is 486 g/mol. The van der Waals surface area contributed by atoms with Crippen LogP contribution in [0, 0.1) is 19.8 Å². The number of hydrogen-bond donors (Lipinski definition) is 1. The molecule has 2 aromatic carbocycles. The number of rotatable bonds is 6. The number of fused-ring (bicyclic) bond motifs is 1. The number of benzene rings is 2. The molecular weight excluding hydrogens is 456 g/mol. The maximum Gasteiger partial charge on any atom is 0.244 e. The van der Waals surface area contributed by atoms with Crippen LogP contribution >= 0.6 is 11.8 Å². The van der Waals surface area contributed by atoms with E-state index in [1.807, 2.05) is 45.9 Å². The number of hydrogen-bond acceptors (Lipinski definition) is 5. The van der Waals surface area contributed by atoms with Gasteiger partial charge in [-0.2, -0.15) is 4.31 Å². The lowest BCUT2D eigenvalue weighted by molar-refractivity contribution is -0.132. The SMILES string of the molecule is Cc1ccc(S(=O)(=O)N2C[C@@H](C(C)C)N(C(=O)CSc3nc4ccc(C)cc4[nH]3)[C@@H]2C)cc1. The summed E-state index contributed by atoms with van der Waals surface area (Å²) in [5, 5.41) is 0.682. The van der Waals surface area contributed by atoms with Crippen molar-refractivity contribution in [2.75, 3.05) is 12.3 Å². The van der Waals surface area contributed by atoms with Crippen LogP contribution in [0.1, 0.15) is 31.9 Å². The maximum absolute atomic E-state index is 13.4. The van der Waals surface area contributed by atoms with Crippen LogP contribution in [0.15, 0.2) is 52.5 Å². The molecule has 0 unspecified atom stereocenters. The second-order valence-electron chi connectivity index (χ2n) is 8.98. The fourth-order valence-electron chi connectivity index (χ4n) is 4.28. The Balaban J connectivity index is 1.53. The lowest BCUT2D eigenvalue weighted by Gasteiger charge is -2.30. The summed E-state index contributed by atoms with van der Waals surface area (Å²) in [5.74, 6) is 0.211. The van der Waals surface area contributed by atoms with Crippen molar-refractivity contribution in [3.8, 4) is 0 Å². The number of aryl methyl sites for hydroxylation is 2. The number of sulfonamides is 1. The van der Waals surface area contributed by atoms with Gasteiger partial charge < -0.3 is 9.88 Å². The van der Waals surface area contributed by atoms with Gasteiger partial charge in [0.2, 0.25) is 15.9 Å². The Morgan fingerprint density at radius 1 is 1.15 bits per heavy atom. The van der Waals surface area contributed by atoms with E-state index in [1.54, 1.807) is 36.1 Å². The van der Waals surface area contributed by atoms with E-state index in [-0.39, 0.29) is 35.1 Å². The van der Waals surface area contributed by atoms with Gasteiger partial charge in [0.05, 0.1) is 27.8 Å². The number of aromatic amines is 1. The summed E-state index contributed by atoms with van der Waals surface area (Å²) in [6.45, 7) is 10.1. The zero-order valence-electron chi connectivity index (χ0n) is 19.6. The Hall–Kier alpha value is -2.36. The summed E-state index contributed by atoms with van der Waals surface area (Å²) >= 11 is 1.34. The number of H-pyrrole nitrogens is 1. The number of carbonyl (C=O) groups excluding carboxylic acids is 1. The first-order valence-electron chi connectivity index (χ1n) is 11.1. The minimum atomic E-state index is -3.71. The molecule has 0 bridgehead atoms. The fourth-order valence-corrected chi connectivity index (χ4v) is 6.64. The normalized spacial score (nSPS) is 19.6. The number of imidazole rings is 1. The third kappa shape index (κ3) is 4.67. The van der Waals surface area contributed by atoms with Gasteiger partial charge >= 0.3 is 0 Å². The third-order valence-electron chi connectivity index (χ3n) is 6.18. The Kier molecular flexibility index (Phi) is 6.57. The Bertz CT molecular complexity index is 1270. The predicted molar refractivity (Wildman–Crippen MR) is 132 cm³/mol. The second-order valence-corrected chi connectivity index (χ2v) is 11.8. The molecule has 9 heteroatoms. The molecule has 176 valence electrons. The number of amides is 1. The smallest absolute Gasteiger partial charge is 0.244 e. The van der Waals surface area contributed by atoms with Crippen molar-refractivity contribution in [3.05, 3.63) is 53.6 Å². The molecule has 1 amide bonds. The molecular formula is C24H30N4O3S2. The molecule has 7 nitrogen and oxygen atoms in total. The fraction of sp³-hybridized carbons (Fsp3) is 0.417. The van der Waals surface area contributed by atoms with Gasteiger partial charge in [0, 0.05) is 12.6 Å². The van der Waals surface area contributed by atoms with E-state index >= 15 is 0 Å². The van der Waals surface area contributed by atoms with Gasteiger partial charge in [0.25, 0.3) is 0 Å². The van der Waals surface area contributed by atoms with E-state index in [9.17, 15) is 13.2 Å². The van der Waals surface area contributed by atoms with E-state index in [1.165, 1.54) is 16.1 Å². The Morgan fingerprint density at radius 2 is 1.82 bits per heavy atom. The van der Waals surface area contributed by atoms with Gasteiger partial charge in [0.15, 0.2) is 5.16 Å². The van der Waals surface area contributed by atoms with Crippen LogP contribution in [-0.4, -0.2) is 58.0 Å². The number of thioether (sulfide) groups is 1. The second kappa shape index (κ2) is 9.12. The number of nitrogens with zero attached hydrogens (tertiary/aromatic N) is 3. The van der Waals surface area contributed by atoms with Crippen molar-refractivity contribution in [1.82, 2.24) is 19.2 Å². The summed E-state index contributed by atoms with van der Waals surface area (Å²) in [5.41, 5.74) is 3.94. The summed E-state index contributed by atoms with van der Waals surface area (Å²) in [6, 6.07) is 12.6. The van der Waals surface area contributed by atoms with Gasteiger partial charge in [-0.1, -0.05) is 49.4 Å². The van der Waals surface area contributed by atoms with Crippen LogP contribution in [0.2, 0.25) is 0 Å². The molecule has 2 heterocycles. The standard InChI is InChI=1S/C24H30N4O3S2/c1-15(2)22-13-27(33(30,31)19-9-6-16(3)7-10-19)18(5)28(22)23(29)14-32-24-25-20-11-8-17(4)12-21(20)26-24/h6-12,15,18,22H,13-14H2,1-5H3,(H,25,26)/t18-,22+/m1/s1. The molecule has 2 atom stereocenters. The first kappa shape index (κ1) is 23.8. The maximum atomic E-state index is 13.4. The zero-order chi connectivity index (χ0) is 23.9. The van der Waals surface area contributed by atoms with Gasteiger partial charge in [-0.05, 0) is 56.5 Å². The summed E-state index contributed by atoms with van der Waals surface area (Å²) in [4.78, 5) is 23.1. The average Bonchev–Trinajstić information content (AvgIpc) is 3.33. The minimum absolute atomic E-state index is 0.0931. The van der Waals surface area contributed by atoms with Gasteiger partial charge in [0.1, 0.15) is 0 Å². The van der Waals surface area contributed by atoms with Gasteiger partial charge in [-0.25, -0.2) is 13.4 Å². The third-order valence-corrected chi connectivity index (χ3v) is 8.97. The minimum Gasteiger partial charge on any atom is -0.333 e. The van der Waals surface area contributed by atoms with E-state index < -0.39 is 16.2 Å². The van der Waals surface area contributed by atoms with Crippen molar-refractivity contribution in [1.29, 1.82) is 0 Å². The first-order valence-corrected chi connectivity index (χ1v) is 13.5. The molecule has 3 aromatic rings. The molecule has 4 rings (SSSR count). The largest absolute Gasteiger partial charge is 0.333 e. The lowest BCUT2D eigenvalue weighted by atomic mass is 10.0. The highest BCUT2D eigenvalue weighted by molar-refractivity contribution is 7.99. The summed E-state index contributed by atoms with van der Waals surface area (Å²) in [6.07, 6.45) is -0.560. The molecule has 33 heavy (non-hydrogen) atoms. The zero-order valence-corrected chi connectivity index (χ0v) is 21.2. The average molecular weight is 487 g/mol. The van der Waals surface area contributed by atoms with E-state index in [2.05, 4.69) is 9.97 Å². The molecule has 1 N–H and O–H groups in total. The Morgan fingerprint density at radius 3 is 2.48 bits per heavy atom. The molecule has 0 saturated carbocycles. The van der Waals surface area contributed by atoms with Crippen molar-refractivity contribution in [3.63, 3.8) is 0 Å². The number of aromatic nitrogens is 2. The Labute approximate surface area is 199 Å². The van der Waals surface area contributed by atoms with Crippen LogP contribution in [0.25, 0.3) is 11.0 Å². The highest BCUT2D eigenvalue weighted by atomic mass is 32.2. The number of nitrogens with one attached hydrogen (secondary N) is 1. The molecule has 0 spiro atoms. The molecule has 1 aliphatic rings. The van der Waals surface area contributed by atoms with Crippen LogP contribution in [0.3, 0.4) is 0 Å². The van der Waals surface area contributed by atoms with Crippen LogP contribution < -0.4 is 0 Å². The van der Waals surface area contributed by atoms with Crippen molar-refractivity contribution in [2.24, 2.45) is 5.92 Å². The van der Waals surface area contributed by atoms with Gasteiger partial charge in [-0.3, -0.25) is 4.79 Å². The van der Waals surface area contributed by atoms with E-state index in [0.29, 0.717) is 5.16 Å². The van der Waals surface area contributed by atoms with Crippen LogP contribution in [0.4, 0.5) is 0 Å². The highest BCUT2D eigenvalue weighted by Gasteiger charge is 2.46. The van der Waals surface area contributed by atoms with Crippen LogP contribution in [0.5, 0.6) is 0 Å². The molecule has 0 radical (unpaired) electrons. The molecule has 1 saturated heterocycles. The molecule has 1 fully saturated rings. The van der Waals surface area contributed by atoms with Gasteiger partial charge in [-0.15, -0.1) is 0 Å². The lowest BCUT2D eigenvalue weighted by Crippen LogP contribution is -2.46.